The molecule has 0 radical (unpaired) electrons. The van der Waals surface area contributed by atoms with Crippen molar-refractivity contribution < 1.29 is 9.72 Å². The third kappa shape index (κ3) is 3.34. The second kappa shape index (κ2) is 7.05. The first-order valence-corrected chi connectivity index (χ1v) is 12.0. The lowest BCUT2D eigenvalue weighted by atomic mass is 9.50. The van der Waals surface area contributed by atoms with E-state index >= 15 is 0 Å². The Morgan fingerprint density at radius 1 is 1.21 bits per heavy atom. The molecule has 7 nitrogen and oxygen atoms in total. The Hall–Kier alpha value is -2.00. The summed E-state index contributed by atoms with van der Waals surface area (Å²) in [5.74, 6) is 2.06. The van der Waals surface area contributed by atoms with Gasteiger partial charge in [0.25, 0.3) is 11.6 Å². The molecule has 1 amide bonds. The molecule has 0 atom stereocenters. The van der Waals surface area contributed by atoms with Crippen LogP contribution in [0.4, 0.5) is 10.8 Å². The summed E-state index contributed by atoms with van der Waals surface area (Å²) in [6, 6.07) is 4.54. The molecule has 29 heavy (non-hydrogen) atoms. The summed E-state index contributed by atoms with van der Waals surface area (Å²) in [4.78, 5) is 24.0. The van der Waals surface area contributed by atoms with Crippen molar-refractivity contribution >= 4 is 39.8 Å². The van der Waals surface area contributed by atoms with Crippen LogP contribution in [0.15, 0.2) is 23.1 Å². The van der Waals surface area contributed by atoms with Gasteiger partial charge in [0.2, 0.25) is 5.13 Å². The molecule has 4 aliphatic carbocycles. The van der Waals surface area contributed by atoms with E-state index in [2.05, 4.69) is 15.5 Å². The highest BCUT2D eigenvalue weighted by molar-refractivity contribution is 7.98. The molecule has 1 heterocycles. The minimum absolute atomic E-state index is 0.0586. The number of benzene rings is 1. The maximum absolute atomic E-state index is 12.6. The molecule has 4 bridgehead atoms. The SMILES string of the molecule is CSc1ccc(C(=O)Nc2nnc(C34CC5CC(CC(C5)C3)C4)s2)cc1[N+](=O)[O-]. The molecule has 0 unspecified atom stereocenters. The highest BCUT2D eigenvalue weighted by Gasteiger charge is 2.53. The first kappa shape index (κ1) is 19.0. The van der Waals surface area contributed by atoms with E-state index in [0.717, 1.165) is 22.8 Å². The molecule has 1 aromatic heterocycles. The van der Waals surface area contributed by atoms with Gasteiger partial charge < -0.3 is 0 Å². The number of nitrogens with zero attached hydrogens (tertiary/aromatic N) is 3. The van der Waals surface area contributed by atoms with Crippen LogP contribution in [0.5, 0.6) is 0 Å². The van der Waals surface area contributed by atoms with Crippen molar-refractivity contribution in [1.82, 2.24) is 10.2 Å². The van der Waals surface area contributed by atoms with Crippen LogP contribution < -0.4 is 5.32 Å². The smallest absolute Gasteiger partial charge is 0.283 e. The Balaban J connectivity index is 1.35. The van der Waals surface area contributed by atoms with E-state index in [9.17, 15) is 14.9 Å². The first-order chi connectivity index (χ1) is 14.0. The molecule has 1 aromatic carbocycles. The number of nitro benzene ring substituents is 1. The van der Waals surface area contributed by atoms with E-state index in [1.807, 2.05) is 0 Å². The highest BCUT2D eigenvalue weighted by Crippen LogP contribution is 2.61. The van der Waals surface area contributed by atoms with Gasteiger partial charge in [-0.2, -0.15) is 0 Å². The Morgan fingerprint density at radius 2 is 1.86 bits per heavy atom. The Labute approximate surface area is 176 Å². The lowest BCUT2D eigenvalue weighted by molar-refractivity contribution is -0.387. The van der Waals surface area contributed by atoms with Crippen molar-refractivity contribution in [1.29, 1.82) is 0 Å². The average Bonchev–Trinajstić information content (AvgIpc) is 3.15. The molecule has 4 fully saturated rings. The number of anilines is 1. The van der Waals surface area contributed by atoms with Crippen LogP contribution in [0.1, 0.15) is 53.9 Å². The van der Waals surface area contributed by atoms with Crippen LogP contribution in [0.2, 0.25) is 0 Å². The molecule has 4 aliphatic rings. The van der Waals surface area contributed by atoms with E-state index in [4.69, 9.17) is 0 Å². The largest absolute Gasteiger partial charge is 0.296 e. The molecule has 4 saturated carbocycles. The molecule has 9 heteroatoms. The minimum Gasteiger partial charge on any atom is -0.296 e. The average molecular weight is 431 g/mol. The van der Waals surface area contributed by atoms with E-state index in [1.165, 1.54) is 67.7 Å². The molecule has 2 aromatic rings. The fraction of sp³-hybridized carbons (Fsp3) is 0.550. The van der Waals surface area contributed by atoms with E-state index in [1.54, 1.807) is 18.4 Å². The van der Waals surface area contributed by atoms with Gasteiger partial charge in [-0.05, 0) is 74.7 Å². The van der Waals surface area contributed by atoms with Gasteiger partial charge in [0.1, 0.15) is 5.01 Å². The third-order valence-corrected chi connectivity index (χ3v) is 8.65. The molecule has 0 aliphatic heterocycles. The summed E-state index contributed by atoms with van der Waals surface area (Å²) in [5, 5.41) is 24.3. The fourth-order valence-electron chi connectivity index (χ4n) is 6.00. The minimum atomic E-state index is -0.460. The summed E-state index contributed by atoms with van der Waals surface area (Å²) in [6.45, 7) is 0. The number of aromatic nitrogens is 2. The number of hydrogen-bond donors (Lipinski definition) is 1. The summed E-state index contributed by atoms with van der Waals surface area (Å²) in [5.41, 5.74) is 0.339. The Bertz CT molecular complexity index is 955. The first-order valence-electron chi connectivity index (χ1n) is 9.93. The second-order valence-electron chi connectivity index (χ2n) is 8.71. The quantitative estimate of drug-likeness (QED) is 0.412. The lowest BCUT2D eigenvalue weighted by Gasteiger charge is -2.55. The van der Waals surface area contributed by atoms with Crippen molar-refractivity contribution in [2.24, 2.45) is 17.8 Å². The number of carbonyl (C=O) groups excluding carboxylic acids is 1. The van der Waals surface area contributed by atoms with Gasteiger partial charge in [-0.25, -0.2) is 0 Å². The fourth-order valence-corrected chi connectivity index (χ4v) is 7.51. The van der Waals surface area contributed by atoms with E-state index < -0.39 is 10.8 Å². The van der Waals surface area contributed by atoms with Gasteiger partial charge in [-0.15, -0.1) is 22.0 Å². The molecule has 152 valence electrons. The predicted octanol–water partition coefficient (Wildman–Crippen LogP) is 4.89. The Kier molecular flexibility index (Phi) is 4.62. The normalized spacial score (nSPS) is 29.8. The molecular formula is C20H22N4O3S2. The summed E-state index contributed by atoms with van der Waals surface area (Å²) < 4.78 is 0. The number of nitrogens with one attached hydrogen (secondary N) is 1. The molecular weight excluding hydrogens is 408 g/mol. The van der Waals surface area contributed by atoms with Crippen molar-refractivity contribution in [3.05, 3.63) is 38.9 Å². The predicted molar refractivity (Wildman–Crippen MR) is 113 cm³/mol. The Morgan fingerprint density at radius 3 is 2.45 bits per heavy atom. The van der Waals surface area contributed by atoms with Crippen molar-refractivity contribution in [3.63, 3.8) is 0 Å². The number of amides is 1. The highest BCUT2D eigenvalue weighted by atomic mass is 32.2. The van der Waals surface area contributed by atoms with Crippen molar-refractivity contribution in [2.75, 3.05) is 11.6 Å². The zero-order valence-corrected chi connectivity index (χ0v) is 17.7. The van der Waals surface area contributed by atoms with Gasteiger partial charge in [-0.3, -0.25) is 20.2 Å². The van der Waals surface area contributed by atoms with Gasteiger partial charge in [0.05, 0.1) is 9.82 Å². The lowest BCUT2D eigenvalue weighted by Crippen LogP contribution is -2.48. The number of rotatable bonds is 5. The number of thioether (sulfide) groups is 1. The summed E-state index contributed by atoms with van der Waals surface area (Å²) >= 11 is 2.76. The van der Waals surface area contributed by atoms with Crippen LogP contribution >= 0.6 is 23.1 Å². The van der Waals surface area contributed by atoms with Crippen LogP contribution in [-0.4, -0.2) is 27.3 Å². The second-order valence-corrected chi connectivity index (χ2v) is 10.5. The number of carbonyl (C=O) groups is 1. The van der Waals surface area contributed by atoms with Crippen molar-refractivity contribution in [2.45, 2.75) is 48.8 Å². The van der Waals surface area contributed by atoms with Gasteiger partial charge in [0.15, 0.2) is 0 Å². The zero-order valence-electron chi connectivity index (χ0n) is 16.1. The topological polar surface area (TPSA) is 98.0 Å². The number of hydrogen-bond acceptors (Lipinski definition) is 7. The summed E-state index contributed by atoms with van der Waals surface area (Å²) in [6.07, 6.45) is 9.47. The van der Waals surface area contributed by atoms with Crippen LogP contribution in [0.3, 0.4) is 0 Å². The van der Waals surface area contributed by atoms with Gasteiger partial charge in [0, 0.05) is 17.0 Å². The maximum Gasteiger partial charge on any atom is 0.283 e. The van der Waals surface area contributed by atoms with E-state index in [0.29, 0.717) is 10.0 Å². The number of nitro groups is 1. The maximum atomic E-state index is 12.6. The van der Waals surface area contributed by atoms with Crippen LogP contribution in [-0.2, 0) is 5.41 Å². The monoisotopic (exact) mass is 430 g/mol. The molecule has 0 spiro atoms. The van der Waals surface area contributed by atoms with Crippen LogP contribution in [0.25, 0.3) is 0 Å². The van der Waals surface area contributed by atoms with Crippen LogP contribution in [0, 0.1) is 27.9 Å². The summed E-state index contributed by atoms with van der Waals surface area (Å²) in [7, 11) is 0. The third-order valence-electron chi connectivity index (χ3n) is 6.78. The van der Waals surface area contributed by atoms with Gasteiger partial charge in [-0.1, -0.05) is 11.3 Å². The van der Waals surface area contributed by atoms with Crippen molar-refractivity contribution in [3.8, 4) is 0 Å². The standard InChI is InChI=1S/C20H22N4O3S2/c1-28-16-3-2-14(7-15(16)24(26)27)17(25)21-19-23-22-18(29-19)20-8-11-4-12(9-20)6-13(5-11)10-20/h2-3,7,11-13H,4-6,8-10H2,1H3,(H,21,23,25). The molecule has 0 saturated heterocycles. The zero-order chi connectivity index (χ0) is 20.2. The van der Waals surface area contributed by atoms with Gasteiger partial charge >= 0.3 is 0 Å². The van der Waals surface area contributed by atoms with E-state index in [-0.39, 0.29) is 16.7 Å². The molecule has 6 rings (SSSR count). The molecule has 1 N–H and O–H groups in total.